The number of nitrogens with zero attached hydrogens (tertiary/aromatic N) is 2. The molecule has 2 heterocycles. The summed E-state index contributed by atoms with van der Waals surface area (Å²) in [5, 5.41) is 11.3. The van der Waals surface area contributed by atoms with Crippen LogP contribution in [0.3, 0.4) is 0 Å². The lowest BCUT2D eigenvalue weighted by Crippen LogP contribution is -2.62. The molecule has 1 aliphatic carbocycles. The maximum absolute atomic E-state index is 14.5. The highest BCUT2D eigenvalue weighted by Crippen LogP contribution is 2.65. The Morgan fingerprint density at radius 3 is 2.25 bits per heavy atom. The number of fused-ring (bicyclic) bond motifs is 2. The maximum atomic E-state index is 14.5. The van der Waals surface area contributed by atoms with Gasteiger partial charge in [0.25, 0.3) is 11.8 Å². The summed E-state index contributed by atoms with van der Waals surface area (Å²) in [5.74, 6) is -2.55. The van der Waals surface area contributed by atoms with E-state index in [-0.39, 0.29) is 42.7 Å². The van der Waals surface area contributed by atoms with Crippen molar-refractivity contribution in [2.24, 2.45) is 28.1 Å². The summed E-state index contributed by atoms with van der Waals surface area (Å²) < 4.78 is 0. The third-order valence-corrected chi connectivity index (χ3v) is 10.9. The Labute approximate surface area is 302 Å². The number of Topliss-reactive ketones (excluding diaryl/α,β-unsaturated/α-hetero) is 1. The van der Waals surface area contributed by atoms with Crippen molar-refractivity contribution >= 4 is 35.4 Å². The average molecular weight is 707 g/mol. The number of rotatable bonds is 14. The normalized spacial score (nSPS) is 22.2. The third kappa shape index (κ3) is 8.64. The molecule has 1 saturated carbocycles. The minimum atomic E-state index is -1.04. The summed E-state index contributed by atoms with van der Waals surface area (Å²) in [5.41, 5.74) is 0.255. The van der Waals surface area contributed by atoms with Crippen molar-refractivity contribution in [1.29, 1.82) is 0 Å². The Morgan fingerprint density at radius 2 is 1.67 bits per heavy atom. The van der Waals surface area contributed by atoms with E-state index in [0.29, 0.717) is 25.1 Å². The van der Waals surface area contributed by atoms with Gasteiger partial charge >= 0.3 is 6.03 Å². The summed E-state index contributed by atoms with van der Waals surface area (Å²) in [7, 11) is 0. The van der Waals surface area contributed by atoms with Crippen molar-refractivity contribution in [3.8, 4) is 0 Å². The lowest BCUT2D eigenvalue weighted by molar-refractivity contribution is -0.145. The molecule has 0 bridgehead atoms. The van der Waals surface area contributed by atoms with Crippen LogP contribution in [0.1, 0.15) is 97.5 Å². The largest absolute Gasteiger partial charge is 0.346 e. The molecule has 4 N–H and O–H groups in total. The van der Waals surface area contributed by atoms with E-state index in [4.69, 9.17) is 0 Å². The molecular formula is C39H58N6O6. The molecule has 4 rings (SSSR count). The summed E-state index contributed by atoms with van der Waals surface area (Å²) in [4.78, 5) is 84.4. The first-order valence-corrected chi connectivity index (χ1v) is 18.2. The summed E-state index contributed by atoms with van der Waals surface area (Å²) in [6.07, 6.45) is 3.14. The highest BCUT2D eigenvalue weighted by molar-refractivity contribution is 6.38. The highest BCUT2D eigenvalue weighted by Gasteiger charge is 2.70. The molecule has 3 aliphatic rings. The molecule has 0 radical (unpaired) electrons. The van der Waals surface area contributed by atoms with Crippen LogP contribution in [0.4, 0.5) is 4.79 Å². The molecule has 12 nitrogen and oxygen atoms in total. The van der Waals surface area contributed by atoms with Gasteiger partial charge in [0, 0.05) is 31.7 Å². The molecule has 6 amide bonds. The number of nitrogens with one attached hydrogen (secondary N) is 4. The summed E-state index contributed by atoms with van der Waals surface area (Å²) >= 11 is 0. The van der Waals surface area contributed by atoms with E-state index < -0.39 is 64.5 Å². The van der Waals surface area contributed by atoms with Crippen LogP contribution in [0.15, 0.2) is 36.9 Å². The molecule has 51 heavy (non-hydrogen) atoms. The van der Waals surface area contributed by atoms with E-state index in [2.05, 4.69) is 41.7 Å². The second-order valence-electron chi connectivity index (χ2n) is 17.1. The Bertz CT molecular complexity index is 1540. The number of unbranched alkanes of at least 4 members (excludes halogenated alkanes) is 1. The zero-order valence-electron chi connectivity index (χ0n) is 31.9. The molecule has 2 aliphatic heterocycles. The minimum absolute atomic E-state index is 0.0692. The number of carbonyl (C=O) groups excluding carboxylic acids is 6. The van der Waals surface area contributed by atoms with Gasteiger partial charge in [-0.15, -0.1) is 6.58 Å². The molecule has 0 spiro atoms. The topological polar surface area (TPSA) is 157 Å². The number of amides is 6. The maximum Gasteiger partial charge on any atom is 0.315 e. The van der Waals surface area contributed by atoms with Crippen molar-refractivity contribution in [3.63, 3.8) is 0 Å². The van der Waals surface area contributed by atoms with E-state index in [1.807, 2.05) is 72.7 Å². The van der Waals surface area contributed by atoms with Crippen molar-refractivity contribution in [2.75, 3.05) is 19.6 Å². The van der Waals surface area contributed by atoms with Crippen molar-refractivity contribution < 1.29 is 28.8 Å². The van der Waals surface area contributed by atoms with Crippen LogP contribution in [0.25, 0.3) is 0 Å². The second kappa shape index (κ2) is 15.2. The van der Waals surface area contributed by atoms with Gasteiger partial charge in [-0.3, -0.25) is 24.0 Å². The standard InChI is InChI=1S/C39H58N6O6/c1-11-13-18-26(30(46)33(48)40-19-12-2)41-32(47)29-28-25(39(28,9)10)21-45(29)35(50)31(38(6,7)8)43-36(51)42-27(37(3,4)5)22-44-20-23-16-14-15-17-24(23)34(44)49/h12,14-17,25-29,31H,2,11,13,18-22H2,1,3-10H3,(H,40,48)(H,41,47)(H2,42,43,51)/t25-,26?,27+,28-,29-,31+/m0/s1. The Kier molecular flexibility index (Phi) is 11.8. The number of benzene rings is 1. The number of urea groups is 1. The molecule has 2 fully saturated rings. The molecule has 280 valence electrons. The second-order valence-corrected chi connectivity index (χ2v) is 17.1. The van der Waals surface area contributed by atoms with Crippen LogP contribution in [0, 0.1) is 28.1 Å². The van der Waals surface area contributed by atoms with Crippen molar-refractivity contribution in [1.82, 2.24) is 31.1 Å². The molecule has 1 aromatic rings. The Balaban J connectivity index is 1.52. The van der Waals surface area contributed by atoms with Gasteiger partial charge in [0.1, 0.15) is 12.1 Å². The lowest BCUT2D eigenvalue weighted by Gasteiger charge is -2.39. The van der Waals surface area contributed by atoms with E-state index in [0.717, 1.165) is 12.0 Å². The van der Waals surface area contributed by atoms with E-state index >= 15 is 0 Å². The van der Waals surface area contributed by atoms with Gasteiger partial charge in [0.15, 0.2) is 0 Å². The van der Waals surface area contributed by atoms with E-state index in [1.54, 1.807) is 9.80 Å². The van der Waals surface area contributed by atoms with Gasteiger partial charge in [0.05, 0.1) is 12.1 Å². The number of carbonyl (C=O) groups is 6. The molecular weight excluding hydrogens is 648 g/mol. The van der Waals surface area contributed by atoms with Crippen LogP contribution in [0.5, 0.6) is 0 Å². The van der Waals surface area contributed by atoms with Gasteiger partial charge in [-0.1, -0.05) is 99.4 Å². The molecule has 1 saturated heterocycles. The minimum Gasteiger partial charge on any atom is -0.346 e. The average Bonchev–Trinajstić information content (AvgIpc) is 3.34. The SMILES string of the molecule is C=CCNC(=O)C(=O)C(CCCC)NC(=O)[C@@H]1[C@@H]2[C@H](CN1C(=O)[C@@H](NC(=O)N[C@H](CN1Cc3ccccc3C1=O)C(C)(C)C)C(C)(C)C)C2(C)C. The third-order valence-electron chi connectivity index (χ3n) is 10.9. The zero-order chi connectivity index (χ0) is 38.1. The lowest BCUT2D eigenvalue weighted by atomic mass is 9.85. The van der Waals surface area contributed by atoms with Crippen LogP contribution < -0.4 is 21.3 Å². The fourth-order valence-electron chi connectivity index (χ4n) is 7.52. The molecule has 1 aromatic carbocycles. The predicted octanol–water partition coefficient (Wildman–Crippen LogP) is 3.80. The van der Waals surface area contributed by atoms with Gasteiger partial charge in [-0.2, -0.15) is 0 Å². The van der Waals surface area contributed by atoms with Gasteiger partial charge in [0.2, 0.25) is 17.6 Å². The highest BCUT2D eigenvalue weighted by atomic mass is 16.2. The predicted molar refractivity (Wildman–Crippen MR) is 195 cm³/mol. The first-order chi connectivity index (χ1) is 23.7. The number of ketones is 1. The first-order valence-electron chi connectivity index (χ1n) is 18.2. The summed E-state index contributed by atoms with van der Waals surface area (Å²) in [6.45, 7) is 22.4. The fourth-order valence-corrected chi connectivity index (χ4v) is 7.52. The van der Waals surface area contributed by atoms with Crippen molar-refractivity contribution in [2.45, 2.75) is 112 Å². The monoisotopic (exact) mass is 706 g/mol. The van der Waals surface area contributed by atoms with Crippen LogP contribution in [0.2, 0.25) is 0 Å². The number of piperidine rings is 1. The van der Waals surface area contributed by atoms with Crippen LogP contribution in [-0.2, 0) is 25.7 Å². The summed E-state index contributed by atoms with van der Waals surface area (Å²) in [6, 6.07) is 3.60. The Morgan fingerprint density at radius 1 is 1.00 bits per heavy atom. The quantitative estimate of drug-likeness (QED) is 0.170. The molecule has 1 unspecified atom stereocenters. The van der Waals surface area contributed by atoms with Crippen LogP contribution >= 0.6 is 0 Å². The molecule has 0 aromatic heterocycles. The van der Waals surface area contributed by atoms with E-state index in [9.17, 15) is 28.8 Å². The zero-order valence-corrected chi connectivity index (χ0v) is 31.9. The van der Waals surface area contributed by atoms with Crippen molar-refractivity contribution in [3.05, 3.63) is 48.0 Å². The smallest absolute Gasteiger partial charge is 0.315 e. The van der Waals surface area contributed by atoms with Gasteiger partial charge in [-0.25, -0.2) is 4.79 Å². The number of likely N-dealkylation sites (tertiary alicyclic amines) is 1. The van der Waals surface area contributed by atoms with E-state index in [1.165, 1.54) is 6.08 Å². The van der Waals surface area contributed by atoms with Crippen LogP contribution in [-0.4, -0.2) is 89.0 Å². The number of hydrogen-bond acceptors (Lipinski definition) is 6. The van der Waals surface area contributed by atoms with Gasteiger partial charge in [-0.05, 0) is 46.1 Å². The Hall–Kier alpha value is -4.22. The molecule has 6 atom stereocenters. The fraction of sp³-hybridized carbons (Fsp3) is 0.641. The first kappa shape index (κ1) is 39.6. The molecule has 12 heteroatoms. The number of hydrogen-bond donors (Lipinski definition) is 4. The van der Waals surface area contributed by atoms with Gasteiger partial charge < -0.3 is 31.1 Å².